The first-order valence-corrected chi connectivity index (χ1v) is 6.78. The van der Waals surface area contributed by atoms with Gasteiger partial charge in [0.2, 0.25) is 5.91 Å². The number of nitrogens with one attached hydrogen (secondary N) is 1. The molecule has 18 heavy (non-hydrogen) atoms. The predicted octanol–water partition coefficient (Wildman–Crippen LogP) is 3.90. The molecule has 0 fully saturated rings. The standard InChI is InChI=1S/C14H18N2OS/c1-8-6-10-11(7-9(8)2)18-13(15-10)16-12(17)14(3,4)5/h6-7H,1-5H3,(H,15,16,17). The highest BCUT2D eigenvalue weighted by molar-refractivity contribution is 7.22. The van der Waals surface area contributed by atoms with Gasteiger partial charge in [-0.3, -0.25) is 4.79 Å². The van der Waals surface area contributed by atoms with E-state index in [0.29, 0.717) is 5.13 Å². The van der Waals surface area contributed by atoms with Crippen LogP contribution in [0.2, 0.25) is 0 Å². The van der Waals surface area contributed by atoms with Crippen molar-refractivity contribution in [1.29, 1.82) is 0 Å². The van der Waals surface area contributed by atoms with E-state index in [1.807, 2.05) is 20.8 Å². The molecule has 0 bridgehead atoms. The van der Waals surface area contributed by atoms with E-state index in [1.54, 1.807) is 0 Å². The SMILES string of the molecule is Cc1cc2nc(NC(=O)C(C)(C)C)sc2cc1C. The van der Waals surface area contributed by atoms with Crippen LogP contribution in [-0.4, -0.2) is 10.9 Å². The number of amides is 1. The molecular formula is C14H18N2OS. The molecule has 1 amide bonds. The van der Waals surface area contributed by atoms with Crippen molar-refractivity contribution in [3.63, 3.8) is 0 Å². The Morgan fingerprint density at radius 3 is 2.44 bits per heavy atom. The van der Waals surface area contributed by atoms with E-state index in [9.17, 15) is 4.79 Å². The molecule has 0 atom stereocenters. The smallest absolute Gasteiger partial charge is 0.231 e. The number of aromatic nitrogens is 1. The summed E-state index contributed by atoms with van der Waals surface area (Å²) in [6.45, 7) is 9.83. The summed E-state index contributed by atoms with van der Waals surface area (Å²) in [5.74, 6) is -0.00463. The summed E-state index contributed by atoms with van der Waals surface area (Å²) >= 11 is 1.52. The number of rotatable bonds is 1. The molecular weight excluding hydrogens is 244 g/mol. The minimum atomic E-state index is -0.399. The van der Waals surface area contributed by atoms with Gasteiger partial charge in [0, 0.05) is 5.41 Å². The Morgan fingerprint density at radius 1 is 1.22 bits per heavy atom. The fourth-order valence-corrected chi connectivity index (χ4v) is 2.46. The van der Waals surface area contributed by atoms with Gasteiger partial charge < -0.3 is 5.32 Å². The van der Waals surface area contributed by atoms with Gasteiger partial charge in [0.25, 0.3) is 0 Å². The van der Waals surface area contributed by atoms with E-state index >= 15 is 0 Å². The van der Waals surface area contributed by atoms with Crippen LogP contribution in [0.3, 0.4) is 0 Å². The molecule has 0 saturated heterocycles. The topological polar surface area (TPSA) is 42.0 Å². The van der Waals surface area contributed by atoms with Crippen LogP contribution in [0.15, 0.2) is 12.1 Å². The minimum Gasteiger partial charge on any atom is -0.301 e. The van der Waals surface area contributed by atoms with E-state index in [2.05, 4.69) is 36.3 Å². The Bertz CT molecular complexity index is 569. The van der Waals surface area contributed by atoms with Crippen LogP contribution in [0, 0.1) is 19.3 Å². The minimum absolute atomic E-state index is 0.00463. The highest BCUT2D eigenvalue weighted by atomic mass is 32.1. The largest absolute Gasteiger partial charge is 0.301 e. The molecule has 3 nitrogen and oxygen atoms in total. The molecule has 0 saturated carbocycles. The van der Waals surface area contributed by atoms with Crippen molar-refractivity contribution in [3.05, 3.63) is 23.3 Å². The maximum atomic E-state index is 11.9. The molecule has 1 heterocycles. The van der Waals surface area contributed by atoms with E-state index < -0.39 is 5.41 Å². The summed E-state index contributed by atoms with van der Waals surface area (Å²) < 4.78 is 1.11. The van der Waals surface area contributed by atoms with Crippen molar-refractivity contribution >= 4 is 32.6 Å². The van der Waals surface area contributed by atoms with Crippen LogP contribution in [0.4, 0.5) is 5.13 Å². The van der Waals surface area contributed by atoms with Crippen LogP contribution in [0.25, 0.3) is 10.2 Å². The Hall–Kier alpha value is -1.42. The summed E-state index contributed by atoms with van der Waals surface area (Å²) in [6, 6.07) is 4.18. The maximum Gasteiger partial charge on any atom is 0.231 e. The van der Waals surface area contributed by atoms with Crippen molar-refractivity contribution in [2.75, 3.05) is 5.32 Å². The van der Waals surface area contributed by atoms with Crippen molar-refractivity contribution < 1.29 is 4.79 Å². The number of carbonyl (C=O) groups is 1. The van der Waals surface area contributed by atoms with Gasteiger partial charge in [0.15, 0.2) is 5.13 Å². The average molecular weight is 262 g/mol. The molecule has 1 aromatic carbocycles. The number of carbonyl (C=O) groups excluding carboxylic acids is 1. The number of benzene rings is 1. The van der Waals surface area contributed by atoms with Crippen LogP contribution in [0.1, 0.15) is 31.9 Å². The van der Waals surface area contributed by atoms with E-state index in [1.165, 1.54) is 22.5 Å². The third-order valence-corrected chi connectivity index (χ3v) is 3.84. The third-order valence-electron chi connectivity index (χ3n) is 2.91. The van der Waals surface area contributed by atoms with Crippen molar-refractivity contribution in [2.45, 2.75) is 34.6 Å². The van der Waals surface area contributed by atoms with Crippen molar-refractivity contribution in [3.8, 4) is 0 Å². The van der Waals surface area contributed by atoms with Crippen LogP contribution in [0.5, 0.6) is 0 Å². The van der Waals surface area contributed by atoms with E-state index in [-0.39, 0.29) is 5.91 Å². The van der Waals surface area contributed by atoms with Gasteiger partial charge in [-0.2, -0.15) is 0 Å². The first-order chi connectivity index (χ1) is 8.27. The van der Waals surface area contributed by atoms with Gasteiger partial charge in [-0.25, -0.2) is 4.98 Å². The predicted molar refractivity (Wildman–Crippen MR) is 77.2 cm³/mol. The van der Waals surface area contributed by atoms with Crippen LogP contribution in [-0.2, 0) is 4.79 Å². The molecule has 2 aromatic rings. The molecule has 0 aliphatic rings. The van der Waals surface area contributed by atoms with Gasteiger partial charge >= 0.3 is 0 Å². The number of anilines is 1. The summed E-state index contributed by atoms with van der Waals surface area (Å²) in [4.78, 5) is 16.4. The second-order valence-electron chi connectivity index (χ2n) is 5.63. The summed E-state index contributed by atoms with van der Waals surface area (Å²) in [6.07, 6.45) is 0. The molecule has 2 rings (SSSR count). The monoisotopic (exact) mass is 262 g/mol. The van der Waals surface area contributed by atoms with Gasteiger partial charge in [0.1, 0.15) is 0 Å². The third kappa shape index (κ3) is 2.53. The van der Waals surface area contributed by atoms with Gasteiger partial charge in [0.05, 0.1) is 10.2 Å². The number of hydrogen-bond donors (Lipinski definition) is 1. The second kappa shape index (κ2) is 4.35. The van der Waals surface area contributed by atoms with Gasteiger partial charge in [-0.15, -0.1) is 0 Å². The lowest BCUT2D eigenvalue weighted by atomic mass is 9.96. The Kier molecular flexibility index (Phi) is 3.15. The normalized spacial score (nSPS) is 11.8. The Balaban J connectivity index is 2.34. The molecule has 1 N–H and O–H groups in total. The summed E-state index contributed by atoms with van der Waals surface area (Å²) in [5.41, 5.74) is 3.03. The van der Waals surface area contributed by atoms with Crippen molar-refractivity contribution in [1.82, 2.24) is 4.98 Å². The molecule has 96 valence electrons. The summed E-state index contributed by atoms with van der Waals surface area (Å²) in [5, 5.41) is 3.55. The first kappa shape index (κ1) is 13.0. The molecule has 0 spiro atoms. The molecule has 0 radical (unpaired) electrons. The van der Waals surface area contributed by atoms with Crippen molar-refractivity contribution in [2.24, 2.45) is 5.41 Å². The van der Waals surface area contributed by atoms with E-state index in [0.717, 1.165) is 10.2 Å². The molecule has 0 aliphatic carbocycles. The highest BCUT2D eigenvalue weighted by Gasteiger charge is 2.22. The summed E-state index contributed by atoms with van der Waals surface area (Å²) in [7, 11) is 0. The van der Waals surface area contributed by atoms with Crippen LogP contribution < -0.4 is 5.32 Å². The Labute approximate surface area is 111 Å². The number of aryl methyl sites for hydroxylation is 2. The second-order valence-corrected chi connectivity index (χ2v) is 6.66. The van der Waals surface area contributed by atoms with Gasteiger partial charge in [-0.1, -0.05) is 32.1 Å². The quantitative estimate of drug-likeness (QED) is 0.847. The fourth-order valence-electron chi connectivity index (χ4n) is 1.52. The average Bonchev–Trinajstić information content (AvgIpc) is 2.59. The zero-order valence-corrected chi connectivity index (χ0v) is 12.2. The highest BCUT2D eigenvalue weighted by Crippen LogP contribution is 2.29. The number of thiazole rings is 1. The van der Waals surface area contributed by atoms with Gasteiger partial charge in [-0.05, 0) is 37.1 Å². The fraction of sp³-hybridized carbons (Fsp3) is 0.429. The molecule has 1 aromatic heterocycles. The zero-order chi connectivity index (χ0) is 13.5. The zero-order valence-electron chi connectivity index (χ0n) is 11.4. The molecule has 0 unspecified atom stereocenters. The molecule has 0 aliphatic heterocycles. The lowest BCUT2D eigenvalue weighted by Crippen LogP contribution is -2.27. The lowest BCUT2D eigenvalue weighted by Gasteiger charge is -2.15. The molecule has 4 heteroatoms. The maximum absolute atomic E-state index is 11.9. The van der Waals surface area contributed by atoms with E-state index in [4.69, 9.17) is 0 Å². The lowest BCUT2D eigenvalue weighted by molar-refractivity contribution is -0.123. The first-order valence-electron chi connectivity index (χ1n) is 5.96. The number of hydrogen-bond acceptors (Lipinski definition) is 3. The number of fused-ring (bicyclic) bond motifs is 1. The van der Waals surface area contributed by atoms with Crippen LogP contribution >= 0.6 is 11.3 Å². The number of nitrogens with zero attached hydrogens (tertiary/aromatic N) is 1. The Morgan fingerprint density at radius 2 is 1.83 bits per heavy atom.